The highest BCUT2D eigenvalue weighted by molar-refractivity contribution is 6.60. The lowest BCUT2D eigenvalue weighted by Gasteiger charge is -2.25. The average molecular weight is 376 g/mol. The van der Waals surface area contributed by atoms with Crippen LogP contribution in [-0.4, -0.2) is 48.9 Å². The van der Waals surface area contributed by atoms with Crippen molar-refractivity contribution in [3.63, 3.8) is 0 Å². The fraction of sp³-hybridized carbons (Fsp3) is 0.353. The second-order valence-corrected chi connectivity index (χ2v) is 5.93. The van der Waals surface area contributed by atoms with Crippen molar-refractivity contribution in [2.45, 2.75) is 25.3 Å². The molecule has 1 aliphatic rings. The molecular weight excluding hydrogens is 355 g/mol. The number of aliphatic imine (C=N–C) groups is 1. The van der Waals surface area contributed by atoms with Crippen molar-refractivity contribution in [3.05, 3.63) is 30.1 Å². The summed E-state index contributed by atoms with van der Waals surface area (Å²) in [4.78, 5) is 39.8. The molecule has 0 radical (unpaired) electrons. The Labute approximate surface area is 155 Å². The quantitative estimate of drug-likeness (QED) is 0.304. The summed E-state index contributed by atoms with van der Waals surface area (Å²) in [7, 11) is 1.48. The monoisotopic (exact) mass is 376 g/mol. The number of amides is 4. The first-order chi connectivity index (χ1) is 12.9. The minimum atomic E-state index is -1.19. The van der Waals surface area contributed by atoms with E-state index in [1.165, 1.54) is 37.5 Å². The van der Waals surface area contributed by atoms with Crippen LogP contribution in [0.1, 0.15) is 19.8 Å². The van der Waals surface area contributed by atoms with Crippen molar-refractivity contribution >= 4 is 35.5 Å². The summed E-state index contributed by atoms with van der Waals surface area (Å²) in [5.74, 6) is -1.46. The Hall–Kier alpha value is -3.30. The largest absolute Gasteiger partial charge is 0.348 e. The number of halogens is 1. The van der Waals surface area contributed by atoms with Gasteiger partial charge < -0.3 is 10.6 Å². The summed E-state index contributed by atoms with van der Waals surface area (Å²) in [5.41, 5.74) is 1.88. The number of carbonyl (C=O) groups is 3. The molecule has 2 rings (SSSR count). The number of urea groups is 1. The number of benzene rings is 1. The van der Waals surface area contributed by atoms with Gasteiger partial charge in [-0.2, -0.15) is 5.10 Å². The van der Waals surface area contributed by atoms with E-state index >= 15 is 0 Å². The molecule has 1 heterocycles. The van der Waals surface area contributed by atoms with Gasteiger partial charge in [-0.3, -0.25) is 25.3 Å². The van der Waals surface area contributed by atoms with E-state index in [-0.39, 0.29) is 12.3 Å². The van der Waals surface area contributed by atoms with Gasteiger partial charge in [-0.05, 0) is 30.7 Å². The number of hydrazone groups is 1. The number of imide groups is 1. The van der Waals surface area contributed by atoms with Crippen LogP contribution in [-0.2, 0) is 9.59 Å². The molecule has 144 valence electrons. The molecule has 1 atom stereocenters. The molecule has 10 heteroatoms. The highest BCUT2D eigenvalue weighted by Gasteiger charge is 2.45. The number of hydrogen-bond acceptors (Lipinski definition) is 6. The van der Waals surface area contributed by atoms with Gasteiger partial charge in [0.05, 0.1) is 18.4 Å². The highest BCUT2D eigenvalue weighted by atomic mass is 19.1. The summed E-state index contributed by atoms with van der Waals surface area (Å²) in [5, 5.41) is 11.3. The van der Waals surface area contributed by atoms with E-state index in [0.29, 0.717) is 18.5 Å². The van der Waals surface area contributed by atoms with Crippen molar-refractivity contribution in [2.24, 2.45) is 10.1 Å². The molecule has 1 aliphatic heterocycles. The summed E-state index contributed by atoms with van der Waals surface area (Å²) < 4.78 is 12.9. The molecule has 1 aromatic carbocycles. The van der Waals surface area contributed by atoms with Crippen molar-refractivity contribution in [1.82, 2.24) is 16.0 Å². The number of rotatable bonds is 8. The molecule has 27 heavy (non-hydrogen) atoms. The van der Waals surface area contributed by atoms with Crippen LogP contribution in [0.15, 0.2) is 34.4 Å². The van der Waals surface area contributed by atoms with Gasteiger partial charge in [0, 0.05) is 7.05 Å². The van der Waals surface area contributed by atoms with Crippen LogP contribution in [0.4, 0.5) is 14.9 Å². The molecule has 0 aliphatic carbocycles. The third-order valence-corrected chi connectivity index (χ3v) is 3.88. The Morgan fingerprint density at radius 2 is 2.00 bits per heavy atom. The zero-order valence-electron chi connectivity index (χ0n) is 15.0. The lowest BCUT2D eigenvalue weighted by Crippen LogP contribution is -2.56. The third-order valence-electron chi connectivity index (χ3n) is 3.88. The van der Waals surface area contributed by atoms with Gasteiger partial charge in [-0.15, -0.1) is 0 Å². The van der Waals surface area contributed by atoms with Gasteiger partial charge in [-0.1, -0.05) is 13.3 Å². The Kier molecular flexibility index (Phi) is 6.58. The molecule has 0 bridgehead atoms. The Bertz CT molecular complexity index is 777. The van der Waals surface area contributed by atoms with Crippen molar-refractivity contribution in [2.75, 3.05) is 19.0 Å². The smallest absolute Gasteiger partial charge is 0.322 e. The molecule has 4 N–H and O–H groups in total. The number of hydrogen-bond donors (Lipinski definition) is 4. The summed E-state index contributed by atoms with van der Waals surface area (Å²) >= 11 is 0. The maximum Gasteiger partial charge on any atom is 0.322 e. The first-order valence-corrected chi connectivity index (χ1v) is 8.33. The van der Waals surface area contributed by atoms with Gasteiger partial charge >= 0.3 is 6.03 Å². The van der Waals surface area contributed by atoms with Gasteiger partial charge in [-0.25, -0.2) is 9.18 Å². The van der Waals surface area contributed by atoms with Crippen LogP contribution in [0.25, 0.3) is 0 Å². The summed E-state index contributed by atoms with van der Waals surface area (Å²) in [6.45, 7) is 1.77. The maximum atomic E-state index is 12.9. The molecule has 1 saturated heterocycles. The standard InChI is InChI=1S/C17H21FN6O3/c1-3-8-17(15(26)21-16(27)22-17)10-20-14(25)13(9-19-2)24-23-12-6-4-11(18)5-7-12/h4-7,9,23H,3,8,10H2,1-2H3,(H,20,25)(H2,21,22,26,27)/b19-9?,24-13+. The first kappa shape index (κ1) is 20.0. The molecule has 0 aromatic heterocycles. The fourth-order valence-electron chi connectivity index (χ4n) is 2.58. The molecule has 1 aromatic rings. The van der Waals surface area contributed by atoms with Crippen molar-refractivity contribution < 1.29 is 18.8 Å². The second kappa shape index (κ2) is 8.88. The predicted molar refractivity (Wildman–Crippen MR) is 99.2 cm³/mol. The normalized spacial score (nSPS) is 19.7. The van der Waals surface area contributed by atoms with E-state index in [1.54, 1.807) is 0 Å². The van der Waals surface area contributed by atoms with Gasteiger partial charge in [0.1, 0.15) is 11.4 Å². The lowest BCUT2D eigenvalue weighted by molar-refractivity contribution is -0.124. The van der Waals surface area contributed by atoms with Gasteiger partial charge in [0.25, 0.3) is 11.8 Å². The van der Waals surface area contributed by atoms with E-state index in [2.05, 4.69) is 31.5 Å². The Morgan fingerprint density at radius 3 is 2.56 bits per heavy atom. The average Bonchev–Trinajstić information content (AvgIpc) is 2.92. The van der Waals surface area contributed by atoms with E-state index < -0.39 is 29.2 Å². The topological polar surface area (TPSA) is 124 Å². The van der Waals surface area contributed by atoms with Gasteiger partial charge in [0.2, 0.25) is 0 Å². The molecule has 0 spiro atoms. The second-order valence-electron chi connectivity index (χ2n) is 5.93. The van der Waals surface area contributed by atoms with Crippen LogP contribution >= 0.6 is 0 Å². The summed E-state index contributed by atoms with van der Waals surface area (Å²) in [6, 6.07) is 4.84. The molecule has 4 amide bonds. The zero-order valence-corrected chi connectivity index (χ0v) is 15.0. The molecule has 9 nitrogen and oxygen atoms in total. The third kappa shape index (κ3) is 5.09. The predicted octanol–water partition coefficient (Wildman–Crippen LogP) is 0.789. The van der Waals surface area contributed by atoms with E-state index in [9.17, 15) is 18.8 Å². The van der Waals surface area contributed by atoms with Crippen molar-refractivity contribution in [1.29, 1.82) is 0 Å². The number of nitrogens with one attached hydrogen (secondary N) is 4. The summed E-state index contributed by atoms with van der Waals surface area (Å²) in [6.07, 6.45) is 2.24. The van der Waals surface area contributed by atoms with Crippen LogP contribution in [0, 0.1) is 5.82 Å². The van der Waals surface area contributed by atoms with Crippen LogP contribution in [0.2, 0.25) is 0 Å². The van der Waals surface area contributed by atoms with E-state index in [1.807, 2.05) is 6.92 Å². The number of anilines is 1. The van der Waals surface area contributed by atoms with E-state index in [4.69, 9.17) is 0 Å². The molecular formula is C17H21FN6O3. The molecule has 1 unspecified atom stereocenters. The van der Waals surface area contributed by atoms with Gasteiger partial charge in [0.15, 0.2) is 5.71 Å². The van der Waals surface area contributed by atoms with E-state index in [0.717, 1.165) is 0 Å². The minimum absolute atomic E-state index is 0.0433. The first-order valence-electron chi connectivity index (χ1n) is 8.33. The SMILES string of the molecule is CCCC1(CNC(=O)/C(C=NC)=N/Nc2ccc(F)cc2)NC(=O)NC1=O. The van der Waals surface area contributed by atoms with Crippen LogP contribution < -0.4 is 21.4 Å². The van der Waals surface area contributed by atoms with Crippen LogP contribution in [0.5, 0.6) is 0 Å². The maximum absolute atomic E-state index is 12.9. The Morgan fingerprint density at radius 1 is 1.30 bits per heavy atom. The lowest BCUT2D eigenvalue weighted by atomic mass is 9.93. The Balaban J connectivity index is 2.07. The highest BCUT2D eigenvalue weighted by Crippen LogP contribution is 2.16. The molecule has 1 fully saturated rings. The number of carbonyl (C=O) groups excluding carboxylic acids is 3. The minimum Gasteiger partial charge on any atom is -0.348 e. The number of nitrogens with zero attached hydrogens (tertiary/aromatic N) is 2. The van der Waals surface area contributed by atoms with Crippen molar-refractivity contribution in [3.8, 4) is 0 Å². The van der Waals surface area contributed by atoms with Crippen LogP contribution in [0.3, 0.4) is 0 Å². The molecule has 0 saturated carbocycles. The zero-order chi connectivity index (χ0) is 19.9. The fourth-order valence-corrected chi connectivity index (χ4v) is 2.58.